The van der Waals surface area contributed by atoms with Crippen molar-refractivity contribution in [2.45, 2.75) is 13.0 Å². The molecule has 3 heteroatoms. The van der Waals surface area contributed by atoms with E-state index in [4.69, 9.17) is 9.47 Å². The highest BCUT2D eigenvalue weighted by Crippen LogP contribution is 2.27. The summed E-state index contributed by atoms with van der Waals surface area (Å²) in [4.78, 5) is 2.12. The third kappa shape index (κ3) is 3.51. The fourth-order valence-corrected chi connectivity index (χ4v) is 1.71. The van der Waals surface area contributed by atoms with E-state index in [0.29, 0.717) is 6.61 Å². The SMILES string of the molecule is CCO[C@@H](CN(C)C)c1ccccc1OC. The average molecular weight is 223 g/mol. The van der Waals surface area contributed by atoms with E-state index in [1.807, 2.05) is 39.2 Å². The smallest absolute Gasteiger partial charge is 0.124 e. The maximum Gasteiger partial charge on any atom is 0.124 e. The molecule has 1 rings (SSSR count). The second-order valence-electron chi connectivity index (χ2n) is 3.95. The molecule has 16 heavy (non-hydrogen) atoms. The minimum Gasteiger partial charge on any atom is -0.496 e. The number of ether oxygens (including phenoxy) is 2. The molecule has 0 saturated heterocycles. The maximum absolute atomic E-state index is 5.76. The molecule has 0 radical (unpaired) electrons. The molecule has 0 N–H and O–H groups in total. The molecule has 90 valence electrons. The van der Waals surface area contributed by atoms with E-state index < -0.39 is 0 Å². The van der Waals surface area contributed by atoms with Crippen LogP contribution in [0.1, 0.15) is 18.6 Å². The molecule has 0 fully saturated rings. The summed E-state index contributed by atoms with van der Waals surface area (Å²) in [5.74, 6) is 0.891. The van der Waals surface area contributed by atoms with Crippen molar-refractivity contribution in [1.82, 2.24) is 4.90 Å². The van der Waals surface area contributed by atoms with Crippen LogP contribution in [0.4, 0.5) is 0 Å². The Morgan fingerprint density at radius 2 is 1.94 bits per heavy atom. The van der Waals surface area contributed by atoms with Crippen molar-refractivity contribution in [2.24, 2.45) is 0 Å². The van der Waals surface area contributed by atoms with E-state index >= 15 is 0 Å². The normalized spacial score (nSPS) is 12.8. The second-order valence-corrected chi connectivity index (χ2v) is 3.95. The zero-order chi connectivity index (χ0) is 12.0. The summed E-state index contributed by atoms with van der Waals surface area (Å²) in [6, 6.07) is 8.01. The molecule has 1 aromatic rings. The van der Waals surface area contributed by atoms with E-state index in [2.05, 4.69) is 11.0 Å². The van der Waals surface area contributed by atoms with Crippen LogP contribution in [0.25, 0.3) is 0 Å². The van der Waals surface area contributed by atoms with Crippen molar-refractivity contribution >= 4 is 0 Å². The van der Waals surface area contributed by atoms with Gasteiger partial charge >= 0.3 is 0 Å². The first-order valence-corrected chi connectivity index (χ1v) is 5.58. The van der Waals surface area contributed by atoms with Crippen molar-refractivity contribution < 1.29 is 9.47 Å². The number of rotatable bonds is 6. The highest BCUT2D eigenvalue weighted by molar-refractivity contribution is 5.35. The second kappa shape index (κ2) is 6.51. The first-order chi connectivity index (χ1) is 7.69. The molecule has 0 saturated carbocycles. The van der Waals surface area contributed by atoms with Crippen LogP contribution in [-0.4, -0.2) is 39.3 Å². The lowest BCUT2D eigenvalue weighted by Crippen LogP contribution is -2.22. The van der Waals surface area contributed by atoms with Crippen molar-refractivity contribution in [1.29, 1.82) is 0 Å². The van der Waals surface area contributed by atoms with Crippen LogP contribution in [0.5, 0.6) is 5.75 Å². The van der Waals surface area contributed by atoms with Gasteiger partial charge in [0.2, 0.25) is 0 Å². The summed E-state index contributed by atoms with van der Waals surface area (Å²) < 4.78 is 11.1. The lowest BCUT2D eigenvalue weighted by molar-refractivity contribution is 0.0418. The van der Waals surface area contributed by atoms with Gasteiger partial charge in [-0.1, -0.05) is 18.2 Å². The molecule has 1 atom stereocenters. The van der Waals surface area contributed by atoms with Crippen molar-refractivity contribution in [3.8, 4) is 5.75 Å². The summed E-state index contributed by atoms with van der Waals surface area (Å²) >= 11 is 0. The van der Waals surface area contributed by atoms with Crippen LogP contribution < -0.4 is 4.74 Å². The van der Waals surface area contributed by atoms with Gasteiger partial charge in [-0.3, -0.25) is 0 Å². The number of hydrogen-bond acceptors (Lipinski definition) is 3. The van der Waals surface area contributed by atoms with Gasteiger partial charge in [-0.2, -0.15) is 0 Å². The number of likely N-dealkylation sites (N-methyl/N-ethyl adjacent to an activating group) is 1. The monoisotopic (exact) mass is 223 g/mol. The van der Waals surface area contributed by atoms with Gasteiger partial charge in [0.05, 0.1) is 13.2 Å². The standard InChI is InChI=1S/C13H21NO2/c1-5-16-13(10-14(2)3)11-8-6-7-9-12(11)15-4/h6-9,13H,5,10H2,1-4H3/t13-/m0/s1. The van der Waals surface area contributed by atoms with E-state index in [9.17, 15) is 0 Å². The number of benzene rings is 1. The summed E-state index contributed by atoms with van der Waals surface area (Å²) in [6.07, 6.45) is 0.0659. The first kappa shape index (κ1) is 13.0. The Balaban J connectivity index is 2.90. The molecule has 0 aliphatic carbocycles. The van der Waals surface area contributed by atoms with E-state index in [1.165, 1.54) is 0 Å². The predicted molar refractivity (Wildman–Crippen MR) is 65.9 cm³/mol. The molecule has 3 nitrogen and oxygen atoms in total. The number of hydrogen-bond donors (Lipinski definition) is 0. The Labute approximate surface area is 98.0 Å². The van der Waals surface area contributed by atoms with Crippen LogP contribution in [0.2, 0.25) is 0 Å². The number of nitrogens with zero attached hydrogens (tertiary/aromatic N) is 1. The molecule has 0 heterocycles. The van der Waals surface area contributed by atoms with E-state index in [0.717, 1.165) is 17.9 Å². The van der Waals surface area contributed by atoms with Gasteiger partial charge in [0.15, 0.2) is 0 Å². The lowest BCUT2D eigenvalue weighted by atomic mass is 10.1. The van der Waals surface area contributed by atoms with Gasteiger partial charge in [0, 0.05) is 18.7 Å². The third-order valence-corrected chi connectivity index (χ3v) is 2.38. The Morgan fingerprint density at radius 3 is 2.50 bits per heavy atom. The molecule has 0 bridgehead atoms. The minimum atomic E-state index is 0.0659. The molecule has 0 unspecified atom stereocenters. The zero-order valence-corrected chi connectivity index (χ0v) is 10.6. The Morgan fingerprint density at radius 1 is 1.25 bits per heavy atom. The van der Waals surface area contributed by atoms with Gasteiger partial charge in [-0.05, 0) is 27.1 Å². The van der Waals surface area contributed by atoms with Crippen LogP contribution in [-0.2, 0) is 4.74 Å². The van der Waals surface area contributed by atoms with E-state index in [-0.39, 0.29) is 6.10 Å². The summed E-state index contributed by atoms with van der Waals surface area (Å²) in [5.41, 5.74) is 1.11. The minimum absolute atomic E-state index is 0.0659. The van der Waals surface area contributed by atoms with Crippen LogP contribution in [0.15, 0.2) is 24.3 Å². The van der Waals surface area contributed by atoms with Crippen molar-refractivity contribution in [3.63, 3.8) is 0 Å². The largest absolute Gasteiger partial charge is 0.496 e. The third-order valence-electron chi connectivity index (χ3n) is 2.38. The Hall–Kier alpha value is -1.06. The molecule has 0 amide bonds. The summed E-state index contributed by atoms with van der Waals surface area (Å²) in [7, 11) is 5.78. The number of methoxy groups -OCH3 is 1. The Bertz CT molecular complexity index is 313. The molecular weight excluding hydrogens is 202 g/mol. The number of para-hydroxylation sites is 1. The Kier molecular flexibility index (Phi) is 5.29. The molecular formula is C13H21NO2. The maximum atomic E-state index is 5.76. The van der Waals surface area contributed by atoms with Crippen LogP contribution in [0.3, 0.4) is 0 Å². The predicted octanol–water partition coefficient (Wildman–Crippen LogP) is 2.33. The molecule has 0 aliphatic heterocycles. The molecule has 0 aliphatic rings. The van der Waals surface area contributed by atoms with Crippen molar-refractivity contribution in [2.75, 3.05) is 34.4 Å². The van der Waals surface area contributed by atoms with E-state index in [1.54, 1.807) is 7.11 Å². The topological polar surface area (TPSA) is 21.7 Å². The first-order valence-electron chi connectivity index (χ1n) is 5.58. The lowest BCUT2D eigenvalue weighted by Gasteiger charge is -2.23. The van der Waals surface area contributed by atoms with Crippen LogP contribution >= 0.6 is 0 Å². The van der Waals surface area contributed by atoms with Gasteiger partial charge < -0.3 is 14.4 Å². The molecule has 1 aromatic carbocycles. The van der Waals surface area contributed by atoms with Crippen molar-refractivity contribution in [3.05, 3.63) is 29.8 Å². The molecule has 0 aromatic heterocycles. The quantitative estimate of drug-likeness (QED) is 0.739. The highest BCUT2D eigenvalue weighted by atomic mass is 16.5. The fourth-order valence-electron chi connectivity index (χ4n) is 1.71. The average Bonchev–Trinajstić information content (AvgIpc) is 2.28. The van der Waals surface area contributed by atoms with Gasteiger partial charge in [0.1, 0.15) is 5.75 Å². The van der Waals surface area contributed by atoms with Gasteiger partial charge in [0.25, 0.3) is 0 Å². The highest BCUT2D eigenvalue weighted by Gasteiger charge is 2.16. The van der Waals surface area contributed by atoms with Gasteiger partial charge in [-0.15, -0.1) is 0 Å². The zero-order valence-electron chi connectivity index (χ0n) is 10.6. The fraction of sp³-hybridized carbons (Fsp3) is 0.538. The van der Waals surface area contributed by atoms with Crippen LogP contribution in [0, 0.1) is 0 Å². The van der Waals surface area contributed by atoms with Gasteiger partial charge in [-0.25, -0.2) is 0 Å². The summed E-state index contributed by atoms with van der Waals surface area (Å²) in [6.45, 7) is 3.57. The molecule has 0 spiro atoms. The summed E-state index contributed by atoms with van der Waals surface area (Å²) in [5, 5.41) is 0.